The summed E-state index contributed by atoms with van der Waals surface area (Å²) < 4.78 is 19.3. The van der Waals surface area contributed by atoms with Crippen LogP contribution in [-0.4, -0.2) is 50.8 Å². The number of benzene rings is 2. The first-order chi connectivity index (χ1) is 23.1. The topological polar surface area (TPSA) is 60.9 Å². The molecule has 2 heterocycles. The van der Waals surface area contributed by atoms with Crippen LogP contribution in [0.5, 0.6) is 5.75 Å². The van der Waals surface area contributed by atoms with Crippen LogP contribution in [0.4, 0.5) is 0 Å². The number of aryl methyl sites for hydroxylation is 1. The summed E-state index contributed by atoms with van der Waals surface area (Å²) in [5.41, 5.74) is 5.34. The van der Waals surface area contributed by atoms with E-state index in [0.717, 1.165) is 59.5 Å². The van der Waals surface area contributed by atoms with Crippen LogP contribution in [0.15, 0.2) is 71.2 Å². The fourth-order valence-electron chi connectivity index (χ4n) is 5.47. The van der Waals surface area contributed by atoms with Gasteiger partial charge in [0.05, 0.1) is 12.8 Å². The van der Waals surface area contributed by atoms with Crippen molar-refractivity contribution in [2.45, 2.75) is 111 Å². The van der Waals surface area contributed by atoms with E-state index in [9.17, 15) is 4.79 Å². The lowest BCUT2D eigenvalue weighted by Gasteiger charge is -2.37. The molecule has 0 aliphatic carbocycles. The van der Waals surface area contributed by atoms with Gasteiger partial charge in [-0.1, -0.05) is 93.4 Å². The number of carbonyl (C=O) groups is 1. The number of unbranched alkanes of at least 4 members (excludes halogenated alkanes) is 1. The van der Waals surface area contributed by atoms with Crippen LogP contribution in [0.1, 0.15) is 102 Å². The van der Waals surface area contributed by atoms with Gasteiger partial charge in [0.2, 0.25) is 0 Å². The van der Waals surface area contributed by atoms with Gasteiger partial charge in [-0.15, -0.1) is 0 Å². The molecule has 2 aromatic carbocycles. The number of pyridine rings is 1. The molecule has 49 heavy (non-hydrogen) atoms. The minimum absolute atomic E-state index is 0.000560. The van der Waals surface area contributed by atoms with Crippen LogP contribution in [0.2, 0.25) is 18.1 Å². The first kappa shape index (κ1) is 40.8. The molecule has 0 N–H and O–H groups in total. The van der Waals surface area contributed by atoms with Gasteiger partial charge < -0.3 is 13.9 Å². The van der Waals surface area contributed by atoms with Gasteiger partial charge in [0.1, 0.15) is 18.1 Å². The molecule has 1 aliphatic heterocycles. The molecular weight excluding hydrogens is 692 g/mol. The van der Waals surface area contributed by atoms with Gasteiger partial charge in [-0.25, -0.2) is 0 Å². The van der Waals surface area contributed by atoms with Crippen molar-refractivity contribution in [3.63, 3.8) is 0 Å². The second kappa shape index (κ2) is 18.6. The van der Waals surface area contributed by atoms with Gasteiger partial charge in [0.15, 0.2) is 14.1 Å². The van der Waals surface area contributed by atoms with Crippen molar-refractivity contribution in [1.82, 2.24) is 9.88 Å². The lowest BCUT2D eigenvalue weighted by Crippen LogP contribution is -2.41. The normalized spacial score (nSPS) is 19.1. The predicted molar refractivity (Wildman–Crippen MR) is 210 cm³/mol. The van der Waals surface area contributed by atoms with Crippen LogP contribution in [0.3, 0.4) is 0 Å². The molecule has 8 heteroatoms. The third kappa shape index (κ3) is 11.7. The standard InChI is InChI=1S/C24H30N2O2.C17H29BrO2Si/c1-5-6-12-20-14-15-21(22(25-20)16-13-17(2)27)24-26(4)18(3)23(28-24)19-10-8-7-9-11-19;1-13(12-20-21(6,7)17(2,3)4)10-14-11-15(19-5)8-9-16(14)18/h7-11,13-16,18,23-24H,5-6,12H2,1-4H3;8-9,11,13H,10,12H2,1-7H3/b16-13+;/t18-,23?,24?;13-/m00/s1. The first-order valence-electron chi connectivity index (χ1n) is 17.6. The monoisotopic (exact) mass is 750 g/mol. The molecule has 0 radical (unpaired) electrons. The highest BCUT2D eigenvalue weighted by atomic mass is 79.9. The minimum Gasteiger partial charge on any atom is -0.497 e. The SMILES string of the molecule is CCCCc1ccc(C2OC(c3ccccc3)[C@H](C)N2C)c(/C=C/C(C)=O)n1.COc1ccc(Br)c(C[C@H](C)CO[Si](C)(C)C(C)(C)C)c1. The number of likely N-dealkylation sites (N-methyl/N-ethyl adjacent to an activating group) is 1. The van der Waals surface area contributed by atoms with Crippen molar-refractivity contribution in [1.29, 1.82) is 0 Å². The Balaban J connectivity index is 0.000000278. The Morgan fingerprint density at radius 3 is 2.43 bits per heavy atom. The van der Waals surface area contributed by atoms with Gasteiger partial charge in [0, 0.05) is 28.4 Å². The van der Waals surface area contributed by atoms with Gasteiger partial charge in [0.25, 0.3) is 0 Å². The predicted octanol–water partition coefficient (Wildman–Crippen LogP) is 10.8. The second-order valence-corrected chi connectivity index (χ2v) is 20.6. The number of carbonyl (C=O) groups excluding carboxylic acids is 1. The van der Waals surface area contributed by atoms with Gasteiger partial charge >= 0.3 is 0 Å². The highest BCUT2D eigenvalue weighted by Gasteiger charge is 2.40. The van der Waals surface area contributed by atoms with Crippen molar-refractivity contribution in [2.75, 3.05) is 20.8 Å². The summed E-state index contributed by atoms with van der Waals surface area (Å²) in [5.74, 6) is 1.41. The van der Waals surface area contributed by atoms with Crippen LogP contribution in [0, 0.1) is 5.92 Å². The number of hydrogen-bond acceptors (Lipinski definition) is 6. The van der Waals surface area contributed by atoms with Gasteiger partial charge in [-0.3, -0.25) is 14.7 Å². The maximum Gasteiger partial charge on any atom is 0.191 e. The van der Waals surface area contributed by atoms with E-state index >= 15 is 0 Å². The van der Waals surface area contributed by atoms with Crippen molar-refractivity contribution in [3.8, 4) is 5.75 Å². The maximum atomic E-state index is 11.5. The molecule has 0 amide bonds. The summed E-state index contributed by atoms with van der Waals surface area (Å²) in [7, 11) is 2.14. The molecule has 1 saturated heterocycles. The van der Waals surface area contributed by atoms with Crippen molar-refractivity contribution >= 4 is 36.1 Å². The van der Waals surface area contributed by atoms with Crippen LogP contribution in [0.25, 0.3) is 6.08 Å². The summed E-state index contributed by atoms with van der Waals surface area (Å²) >= 11 is 3.62. The Morgan fingerprint density at radius 2 is 1.82 bits per heavy atom. The van der Waals surface area contributed by atoms with Crippen molar-refractivity contribution in [2.24, 2.45) is 5.92 Å². The van der Waals surface area contributed by atoms with E-state index in [-0.39, 0.29) is 29.2 Å². The molecule has 0 bridgehead atoms. The number of ether oxygens (including phenoxy) is 2. The lowest BCUT2D eigenvalue weighted by molar-refractivity contribution is -0.112. The maximum absolute atomic E-state index is 11.5. The molecule has 268 valence electrons. The number of rotatable bonds is 13. The third-order valence-electron chi connectivity index (χ3n) is 9.75. The fourth-order valence-corrected chi connectivity index (χ4v) is 7.01. The molecule has 6 nitrogen and oxygen atoms in total. The molecule has 2 unspecified atom stereocenters. The van der Waals surface area contributed by atoms with E-state index in [1.54, 1.807) is 20.1 Å². The summed E-state index contributed by atoms with van der Waals surface area (Å²) in [6, 6.07) is 20.9. The Bertz CT molecular complexity index is 1520. The smallest absolute Gasteiger partial charge is 0.191 e. The average Bonchev–Trinajstić information content (AvgIpc) is 3.36. The molecule has 3 aromatic rings. The third-order valence-corrected chi connectivity index (χ3v) is 15.0. The molecular formula is C41H59BrN2O4Si. The number of ketones is 1. The zero-order chi connectivity index (χ0) is 36.4. The number of aromatic nitrogens is 1. The fraction of sp³-hybridized carbons (Fsp3) is 0.512. The largest absolute Gasteiger partial charge is 0.497 e. The first-order valence-corrected chi connectivity index (χ1v) is 21.3. The van der Waals surface area contributed by atoms with E-state index < -0.39 is 8.32 Å². The summed E-state index contributed by atoms with van der Waals surface area (Å²) in [5, 5.41) is 0.267. The molecule has 4 atom stereocenters. The number of allylic oxidation sites excluding steroid dienone is 1. The minimum atomic E-state index is -1.65. The van der Waals surface area contributed by atoms with Crippen LogP contribution in [-0.2, 0) is 26.8 Å². The summed E-state index contributed by atoms with van der Waals surface area (Å²) in [6.45, 7) is 20.4. The Hall–Kier alpha value is -2.62. The Morgan fingerprint density at radius 1 is 1.12 bits per heavy atom. The Labute approximate surface area is 305 Å². The van der Waals surface area contributed by atoms with E-state index in [2.05, 4.69) is 119 Å². The molecule has 1 fully saturated rings. The second-order valence-electron chi connectivity index (χ2n) is 14.9. The number of hydrogen-bond donors (Lipinski definition) is 0. The quantitative estimate of drug-likeness (QED) is 0.128. The highest BCUT2D eigenvalue weighted by Crippen LogP contribution is 2.42. The van der Waals surface area contributed by atoms with Crippen molar-refractivity contribution < 1.29 is 18.7 Å². The average molecular weight is 752 g/mol. The Kier molecular flexibility index (Phi) is 15.5. The van der Waals surface area contributed by atoms with E-state index in [4.69, 9.17) is 18.9 Å². The highest BCUT2D eigenvalue weighted by molar-refractivity contribution is 9.10. The number of nitrogens with zero attached hydrogens (tertiary/aromatic N) is 2. The zero-order valence-corrected chi connectivity index (χ0v) is 34.3. The molecule has 4 rings (SSSR count). The zero-order valence-electron chi connectivity index (χ0n) is 31.7. The number of halogens is 1. The van der Waals surface area contributed by atoms with E-state index in [0.29, 0.717) is 5.92 Å². The van der Waals surface area contributed by atoms with Crippen LogP contribution < -0.4 is 4.74 Å². The summed E-state index contributed by atoms with van der Waals surface area (Å²) in [4.78, 5) is 18.6. The molecule has 1 aliphatic rings. The molecule has 1 aromatic heterocycles. The summed E-state index contributed by atoms with van der Waals surface area (Å²) in [6.07, 6.45) is 7.39. The van der Waals surface area contributed by atoms with E-state index in [1.165, 1.54) is 11.1 Å². The lowest BCUT2D eigenvalue weighted by atomic mass is 10.0. The van der Waals surface area contributed by atoms with Crippen LogP contribution >= 0.6 is 15.9 Å². The number of methoxy groups -OCH3 is 1. The van der Waals surface area contributed by atoms with E-state index in [1.807, 2.05) is 30.3 Å². The molecule has 0 saturated carbocycles. The van der Waals surface area contributed by atoms with Gasteiger partial charge in [-0.05, 0) is 112 Å². The molecule has 0 spiro atoms. The van der Waals surface area contributed by atoms with Gasteiger partial charge in [-0.2, -0.15) is 0 Å². The van der Waals surface area contributed by atoms with Crippen molar-refractivity contribution in [3.05, 3.63) is 99.3 Å².